The van der Waals surface area contributed by atoms with Gasteiger partial charge in [-0.2, -0.15) is 0 Å². The van der Waals surface area contributed by atoms with Crippen LogP contribution in [-0.2, 0) is 0 Å². The monoisotopic (exact) mass is 335 g/mol. The molecule has 0 saturated heterocycles. The SMILES string of the molecule is Cc1[nH][nH]c(=O)c1/C=C1\C(c2ccccc2)=Nc2ccc(Cl)cc21. The fraction of sp³-hybridized carbons (Fsp3) is 0.0526. The average Bonchev–Trinajstić information content (AvgIpc) is 3.11. The lowest BCUT2D eigenvalue weighted by Gasteiger charge is -2.06. The molecule has 24 heavy (non-hydrogen) atoms. The molecule has 1 aliphatic heterocycles. The Hall–Kier alpha value is -2.85. The summed E-state index contributed by atoms with van der Waals surface area (Å²) in [6.07, 6.45) is 1.87. The topological polar surface area (TPSA) is 61.0 Å². The Bertz CT molecular complexity index is 1040. The fourth-order valence-electron chi connectivity index (χ4n) is 2.87. The van der Waals surface area contributed by atoms with Gasteiger partial charge in [-0.1, -0.05) is 41.9 Å². The van der Waals surface area contributed by atoms with Gasteiger partial charge in [0.05, 0.1) is 17.0 Å². The maximum absolute atomic E-state index is 12.1. The summed E-state index contributed by atoms with van der Waals surface area (Å²) in [5.74, 6) is 0. The van der Waals surface area contributed by atoms with Gasteiger partial charge in [0.15, 0.2) is 0 Å². The van der Waals surface area contributed by atoms with Crippen LogP contribution in [0.5, 0.6) is 0 Å². The highest BCUT2D eigenvalue weighted by atomic mass is 35.5. The molecule has 0 amide bonds. The van der Waals surface area contributed by atoms with Gasteiger partial charge in [0.1, 0.15) is 0 Å². The lowest BCUT2D eigenvalue weighted by molar-refractivity contribution is 1.02. The van der Waals surface area contributed by atoms with E-state index in [1.54, 1.807) is 0 Å². The molecule has 1 aromatic heterocycles. The summed E-state index contributed by atoms with van der Waals surface area (Å²) in [5.41, 5.74) is 5.76. The third-order valence-electron chi connectivity index (χ3n) is 4.08. The quantitative estimate of drug-likeness (QED) is 0.719. The molecule has 4 nitrogen and oxygen atoms in total. The molecule has 5 heteroatoms. The Kier molecular flexibility index (Phi) is 3.47. The van der Waals surface area contributed by atoms with E-state index < -0.39 is 0 Å². The van der Waals surface area contributed by atoms with Crippen molar-refractivity contribution in [1.82, 2.24) is 10.2 Å². The van der Waals surface area contributed by atoms with Gasteiger partial charge in [0, 0.05) is 27.4 Å². The summed E-state index contributed by atoms with van der Waals surface area (Å²) in [6, 6.07) is 15.5. The van der Waals surface area contributed by atoms with E-state index in [0.29, 0.717) is 10.6 Å². The van der Waals surface area contributed by atoms with Crippen LogP contribution in [0.4, 0.5) is 5.69 Å². The van der Waals surface area contributed by atoms with E-state index in [2.05, 4.69) is 10.2 Å². The Morgan fingerprint density at radius 3 is 2.58 bits per heavy atom. The highest BCUT2D eigenvalue weighted by Gasteiger charge is 2.23. The van der Waals surface area contributed by atoms with Crippen LogP contribution in [-0.4, -0.2) is 15.9 Å². The normalized spacial score (nSPS) is 14.8. The van der Waals surface area contributed by atoms with E-state index >= 15 is 0 Å². The number of nitrogens with zero attached hydrogens (tertiary/aromatic N) is 1. The van der Waals surface area contributed by atoms with Crippen molar-refractivity contribution in [2.75, 3.05) is 0 Å². The smallest absolute Gasteiger partial charge is 0.271 e. The number of hydrogen-bond donors (Lipinski definition) is 2. The molecule has 0 atom stereocenters. The standard InChI is InChI=1S/C19H14ClN3O/c1-11-14(19(24)23-22-11)10-16-15-9-13(20)7-8-17(15)21-18(16)12-5-3-2-4-6-12/h2-10H,1H3,(H2,22,23,24)/b16-10-. The largest absolute Gasteiger partial charge is 0.302 e. The summed E-state index contributed by atoms with van der Waals surface area (Å²) >= 11 is 6.17. The maximum Gasteiger partial charge on any atom is 0.271 e. The molecule has 0 bridgehead atoms. The molecule has 2 aromatic carbocycles. The van der Waals surface area contributed by atoms with Crippen molar-refractivity contribution in [2.45, 2.75) is 6.92 Å². The van der Waals surface area contributed by atoms with Crippen LogP contribution < -0.4 is 5.56 Å². The summed E-state index contributed by atoms with van der Waals surface area (Å²) in [6.45, 7) is 1.86. The van der Waals surface area contributed by atoms with E-state index in [-0.39, 0.29) is 5.56 Å². The van der Waals surface area contributed by atoms with Crippen molar-refractivity contribution >= 4 is 34.6 Å². The van der Waals surface area contributed by atoms with Crippen LogP contribution in [0.1, 0.15) is 22.4 Å². The number of rotatable bonds is 2. The highest BCUT2D eigenvalue weighted by Crippen LogP contribution is 2.39. The zero-order valence-corrected chi connectivity index (χ0v) is 13.7. The zero-order valence-electron chi connectivity index (χ0n) is 12.9. The van der Waals surface area contributed by atoms with Crippen molar-refractivity contribution in [3.8, 4) is 0 Å². The van der Waals surface area contributed by atoms with Crippen molar-refractivity contribution in [3.63, 3.8) is 0 Å². The Morgan fingerprint density at radius 1 is 1.08 bits per heavy atom. The molecule has 2 N–H and O–H groups in total. The zero-order chi connectivity index (χ0) is 16.7. The van der Waals surface area contributed by atoms with Gasteiger partial charge < -0.3 is 5.10 Å². The molecule has 3 aromatic rings. The fourth-order valence-corrected chi connectivity index (χ4v) is 3.04. The van der Waals surface area contributed by atoms with Crippen molar-refractivity contribution in [1.29, 1.82) is 0 Å². The van der Waals surface area contributed by atoms with E-state index in [1.165, 1.54) is 0 Å². The van der Waals surface area contributed by atoms with E-state index in [0.717, 1.165) is 33.8 Å². The molecule has 2 heterocycles. The molecule has 0 radical (unpaired) electrons. The number of benzene rings is 2. The number of H-pyrrole nitrogens is 2. The molecule has 4 rings (SSSR count). The van der Waals surface area contributed by atoms with Crippen molar-refractivity contribution < 1.29 is 0 Å². The summed E-state index contributed by atoms with van der Waals surface area (Å²) in [5, 5.41) is 6.11. The number of allylic oxidation sites excluding steroid dienone is 1. The van der Waals surface area contributed by atoms with E-state index in [9.17, 15) is 4.79 Å². The van der Waals surface area contributed by atoms with E-state index in [1.807, 2.05) is 61.5 Å². The minimum absolute atomic E-state index is 0.150. The van der Waals surface area contributed by atoms with Gasteiger partial charge in [-0.05, 0) is 31.2 Å². The number of nitrogens with one attached hydrogen (secondary N) is 2. The average molecular weight is 336 g/mol. The third kappa shape index (κ3) is 2.41. The van der Waals surface area contributed by atoms with Crippen LogP contribution in [0, 0.1) is 6.92 Å². The van der Waals surface area contributed by atoms with Gasteiger partial charge in [-0.15, -0.1) is 0 Å². The van der Waals surface area contributed by atoms with Gasteiger partial charge in [-0.3, -0.25) is 9.89 Å². The molecule has 118 valence electrons. The van der Waals surface area contributed by atoms with Crippen LogP contribution >= 0.6 is 11.6 Å². The number of aryl methyl sites for hydroxylation is 1. The second kappa shape index (κ2) is 5.65. The van der Waals surface area contributed by atoms with E-state index in [4.69, 9.17) is 16.6 Å². The predicted molar refractivity (Wildman–Crippen MR) is 98.1 cm³/mol. The number of aromatic nitrogens is 2. The number of halogens is 1. The first-order chi connectivity index (χ1) is 11.6. The molecular weight excluding hydrogens is 322 g/mol. The first kappa shape index (κ1) is 14.7. The Labute approximate surface area is 143 Å². The molecular formula is C19H14ClN3O. The van der Waals surface area contributed by atoms with Gasteiger partial charge in [0.2, 0.25) is 0 Å². The van der Waals surface area contributed by atoms with Crippen LogP contribution in [0.3, 0.4) is 0 Å². The second-order valence-electron chi connectivity index (χ2n) is 5.66. The van der Waals surface area contributed by atoms with Gasteiger partial charge in [-0.25, -0.2) is 4.99 Å². The summed E-state index contributed by atoms with van der Waals surface area (Å²) in [7, 11) is 0. The predicted octanol–water partition coefficient (Wildman–Crippen LogP) is 4.34. The number of fused-ring (bicyclic) bond motifs is 1. The molecule has 0 fully saturated rings. The highest BCUT2D eigenvalue weighted by molar-refractivity contribution is 6.39. The second-order valence-corrected chi connectivity index (χ2v) is 6.10. The first-order valence-electron chi connectivity index (χ1n) is 7.57. The Morgan fingerprint density at radius 2 is 1.88 bits per heavy atom. The molecule has 0 saturated carbocycles. The minimum Gasteiger partial charge on any atom is -0.302 e. The Balaban J connectivity index is 1.96. The number of aliphatic imine (C=N–C) groups is 1. The van der Waals surface area contributed by atoms with Gasteiger partial charge in [0.25, 0.3) is 5.56 Å². The van der Waals surface area contributed by atoms with Crippen molar-refractivity contribution in [3.05, 3.63) is 86.3 Å². The molecule has 0 unspecified atom stereocenters. The first-order valence-corrected chi connectivity index (χ1v) is 7.94. The molecule has 0 aliphatic carbocycles. The lowest BCUT2D eigenvalue weighted by atomic mass is 9.96. The van der Waals surface area contributed by atoms with Crippen LogP contribution in [0.15, 0.2) is 58.3 Å². The molecule has 0 spiro atoms. The molecule has 1 aliphatic rings. The van der Waals surface area contributed by atoms with Crippen LogP contribution in [0.25, 0.3) is 11.6 Å². The van der Waals surface area contributed by atoms with Crippen LogP contribution in [0.2, 0.25) is 5.02 Å². The lowest BCUT2D eigenvalue weighted by Crippen LogP contribution is -2.05. The summed E-state index contributed by atoms with van der Waals surface area (Å²) in [4.78, 5) is 16.8. The van der Waals surface area contributed by atoms with Gasteiger partial charge >= 0.3 is 0 Å². The maximum atomic E-state index is 12.1. The summed E-state index contributed by atoms with van der Waals surface area (Å²) < 4.78 is 0. The number of aromatic amines is 2. The van der Waals surface area contributed by atoms with Crippen molar-refractivity contribution in [2.24, 2.45) is 4.99 Å². The number of hydrogen-bond acceptors (Lipinski definition) is 2. The minimum atomic E-state index is -0.150. The third-order valence-corrected chi connectivity index (χ3v) is 4.32.